The molecule has 0 spiro atoms. The van der Waals surface area contributed by atoms with Crippen LogP contribution in [0.2, 0.25) is 5.02 Å². The van der Waals surface area contributed by atoms with Crippen LogP contribution in [0.25, 0.3) is 0 Å². The van der Waals surface area contributed by atoms with Gasteiger partial charge in [-0.1, -0.05) is 25.4 Å². The van der Waals surface area contributed by atoms with Gasteiger partial charge in [0.1, 0.15) is 11.8 Å². The molecule has 0 radical (unpaired) electrons. The highest BCUT2D eigenvalue weighted by molar-refractivity contribution is 6.30. The van der Waals surface area contributed by atoms with E-state index in [1.165, 1.54) is 0 Å². The molecule has 21 heavy (non-hydrogen) atoms. The maximum Gasteiger partial charge on any atom is 0.326 e. The van der Waals surface area contributed by atoms with Crippen LogP contribution in [0, 0.1) is 5.92 Å². The van der Waals surface area contributed by atoms with Gasteiger partial charge < -0.3 is 20.5 Å². The van der Waals surface area contributed by atoms with Gasteiger partial charge in [0.25, 0.3) is 0 Å². The van der Waals surface area contributed by atoms with E-state index in [1.54, 1.807) is 24.3 Å². The third-order valence-corrected chi connectivity index (χ3v) is 2.85. The van der Waals surface area contributed by atoms with Crippen LogP contribution < -0.4 is 15.4 Å². The van der Waals surface area contributed by atoms with Crippen molar-refractivity contribution in [2.75, 3.05) is 6.73 Å². The van der Waals surface area contributed by atoms with Crippen molar-refractivity contribution in [3.8, 4) is 5.75 Å². The highest BCUT2D eigenvalue weighted by atomic mass is 35.5. The number of benzene rings is 1. The van der Waals surface area contributed by atoms with E-state index < -0.39 is 18.0 Å². The van der Waals surface area contributed by atoms with Gasteiger partial charge in [-0.3, -0.25) is 0 Å². The number of carbonyl (C=O) groups is 2. The molecule has 0 aliphatic carbocycles. The number of hydrogen-bond acceptors (Lipinski definition) is 3. The third-order valence-electron chi connectivity index (χ3n) is 2.60. The number of halogens is 1. The zero-order valence-corrected chi connectivity index (χ0v) is 12.7. The van der Waals surface area contributed by atoms with Crippen LogP contribution in [0.1, 0.15) is 20.3 Å². The number of nitrogens with one attached hydrogen (secondary N) is 2. The van der Waals surface area contributed by atoms with Gasteiger partial charge in [0.2, 0.25) is 0 Å². The minimum absolute atomic E-state index is 0.0680. The smallest absolute Gasteiger partial charge is 0.326 e. The Morgan fingerprint density at radius 1 is 1.29 bits per heavy atom. The Balaban J connectivity index is 2.35. The molecule has 116 valence electrons. The highest BCUT2D eigenvalue weighted by Crippen LogP contribution is 2.14. The highest BCUT2D eigenvalue weighted by Gasteiger charge is 2.20. The number of urea groups is 1. The molecule has 0 fully saturated rings. The van der Waals surface area contributed by atoms with Crippen molar-refractivity contribution in [1.29, 1.82) is 0 Å². The fourth-order valence-corrected chi connectivity index (χ4v) is 1.74. The molecule has 6 nitrogen and oxygen atoms in total. The van der Waals surface area contributed by atoms with Crippen LogP contribution in [0.5, 0.6) is 5.75 Å². The van der Waals surface area contributed by atoms with Crippen molar-refractivity contribution in [3.63, 3.8) is 0 Å². The number of carbonyl (C=O) groups excluding carboxylic acids is 1. The molecule has 1 atom stereocenters. The molecular formula is C14H19ClN2O4. The van der Waals surface area contributed by atoms with Gasteiger partial charge in [0.15, 0.2) is 6.73 Å². The van der Waals surface area contributed by atoms with E-state index in [9.17, 15) is 9.59 Å². The second-order valence-corrected chi connectivity index (χ2v) is 5.35. The average Bonchev–Trinajstić information content (AvgIpc) is 2.39. The Labute approximate surface area is 128 Å². The minimum Gasteiger partial charge on any atom is -0.480 e. The monoisotopic (exact) mass is 314 g/mol. The van der Waals surface area contributed by atoms with E-state index >= 15 is 0 Å². The second-order valence-electron chi connectivity index (χ2n) is 4.91. The summed E-state index contributed by atoms with van der Waals surface area (Å²) in [6, 6.07) is 5.17. The lowest BCUT2D eigenvalue weighted by molar-refractivity contribution is -0.139. The van der Waals surface area contributed by atoms with Gasteiger partial charge in [0.05, 0.1) is 0 Å². The van der Waals surface area contributed by atoms with Crippen LogP contribution in [0.4, 0.5) is 4.79 Å². The first-order valence-electron chi connectivity index (χ1n) is 6.54. The summed E-state index contributed by atoms with van der Waals surface area (Å²) in [7, 11) is 0. The molecule has 0 bridgehead atoms. The first kappa shape index (κ1) is 17.1. The standard InChI is InChI=1S/C14H19ClN2O4/c1-9(2)7-12(13(18)19)17-14(20)16-8-21-11-5-3-10(15)4-6-11/h3-6,9,12H,7-8H2,1-2H3,(H,18,19)(H2,16,17,20). The number of aliphatic carboxylic acids is 1. The summed E-state index contributed by atoms with van der Waals surface area (Å²) in [5.41, 5.74) is 0. The number of carboxylic acid groups (broad SMARTS) is 1. The van der Waals surface area contributed by atoms with E-state index in [1.807, 2.05) is 13.8 Å². The van der Waals surface area contributed by atoms with Crippen LogP contribution in [0.15, 0.2) is 24.3 Å². The molecule has 0 aliphatic rings. The Morgan fingerprint density at radius 2 is 1.90 bits per heavy atom. The summed E-state index contributed by atoms with van der Waals surface area (Å²) in [5, 5.41) is 14.4. The number of amides is 2. The van der Waals surface area contributed by atoms with Crippen molar-refractivity contribution >= 4 is 23.6 Å². The van der Waals surface area contributed by atoms with Crippen LogP contribution >= 0.6 is 11.6 Å². The molecule has 3 N–H and O–H groups in total. The third kappa shape index (κ3) is 6.85. The SMILES string of the molecule is CC(C)CC(NC(=O)NCOc1ccc(Cl)cc1)C(=O)O. The summed E-state index contributed by atoms with van der Waals surface area (Å²) >= 11 is 5.73. The van der Waals surface area contributed by atoms with Gasteiger partial charge in [0, 0.05) is 5.02 Å². The normalized spacial score (nSPS) is 11.8. The maximum atomic E-state index is 11.6. The molecule has 1 aromatic carbocycles. The Kier molecular flexibility index (Phi) is 6.81. The topological polar surface area (TPSA) is 87.7 Å². The van der Waals surface area contributed by atoms with E-state index in [0.29, 0.717) is 17.2 Å². The van der Waals surface area contributed by atoms with E-state index in [0.717, 1.165) is 0 Å². The van der Waals surface area contributed by atoms with Gasteiger partial charge in [-0.2, -0.15) is 0 Å². The first-order valence-corrected chi connectivity index (χ1v) is 6.92. The molecule has 0 heterocycles. The molecule has 0 saturated heterocycles. The zero-order valence-electron chi connectivity index (χ0n) is 11.9. The zero-order chi connectivity index (χ0) is 15.8. The molecule has 1 rings (SSSR count). The Bertz CT molecular complexity index is 476. The lowest BCUT2D eigenvalue weighted by atomic mass is 10.0. The molecular weight excluding hydrogens is 296 g/mol. The number of carboxylic acids is 1. The predicted octanol–water partition coefficient (Wildman–Crippen LogP) is 2.47. The average molecular weight is 315 g/mol. The van der Waals surface area contributed by atoms with Gasteiger partial charge in [-0.25, -0.2) is 9.59 Å². The molecule has 1 aromatic rings. The summed E-state index contributed by atoms with van der Waals surface area (Å²) in [6.45, 7) is 3.71. The van der Waals surface area contributed by atoms with Crippen molar-refractivity contribution in [2.24, 2.45) is 5.92 Å². The Hall–Kier alpha value is -1.95. The van der Waals surface area contributed by atoms with Gasteiger partial charge in [-0.05, 0) is 36.6 Å². The van der Waals surface area contributed by atoms with Crippen molar-refractivity contribution in [2.45, 2.75) is 26.3 Å². The Morgan fingerprint density at radius 3 is 2.43 bits per heavy atom. The quantitative estimate of drug-likeness (QED) is 0.675. The van der Waals surface area contributed by atoms with E-state index in [2.05, 4.69) is 10.6 Å². The van der Waals surface area contributed by atoms with Crippen LogP contribution in [0.3, 0.4) is 0 Å². The second kappa shape index (κ2) is 8.36. The molecule has 2 amide bonds. The van der Waals surface area contributed by atoms with E-state index in [4.69, 9.17) is 21.4 Å². The summed E-state index contributed by atoms with van der Waals surface area (Å²) < 4.78 is 5.28. The van der Waals surface area contributed by atoms with Gasteiger partial charge in [-0.15, -0.1) is 0 Å². The minimum atomic E-state index is -1.06. The van der Waals surface area contributed by atoms with Crippen LogP contribution in [-0.2, 0) is 4.79 Å². The van der Waals surface area contributed by atoms with E-state index in [-0.39, 0.29) is 12.6 Å². The summed E-state index contributed by atoms with van der Waals surface area (Å²) in [6.07, 6.45) is 0.362. The predicted molar refractivity (Wildman–Crippen MR) is 79.5 cm³/mol. The molecule has 1 unspecified atom stereocenters. The van der Waals surface area contributed by atoms with Crippen molar-refractivity contribution in [3.05, 3.63) is 29.3 Å². The maximum absolute atomic E-state index is 11.6. The fraction of sp³-hybridized carbons (Fsp3) is 0.429. The lowest BCUT2D eigenvalue weighted by Crippen LogP contribution is -2.47. The number of hydrogen-bond donors (Lipinski definition) is 3. The van der Waals surface area contributed by atoms with Crippen molar-refractivity contribution < 1.29 is 19.4 Å². The number of rotatable bonds is 7. The van der Waals surface area contributed by atoms with Crippen LogP contribution in [-0.4, -0.2) is 29.9 Å². The molecule has 0 aromatic heterocycles. The first-order chi connectivity index (χ1) is 9.88. The fourth-order valence-electron chi connectivity index (χ4n) is 1.62. The molecule has 0 aliphatic heterocycles. The van der Waals surface area contributed by atoms with Crippen molar-refractivity contribution in [1.82, 2.24) is 10.6 Å². The lowest BCUT2D eigenvalue weighted by Gasteiger charge is -2.17. The molecule has 7 heteroatoms. The number of ether oxygens (including phenoxy) is 1. The summed E-state index contributed by atoms with van der Waals surface area (Å²) in [5.74, 6) is -0.342. The summed E-state index contributed by atoms with van der Waals surface area (Å²) in [4.78, 5) is 22.6. The van der Waals surface area contributed by atoms with Gasteiger partial charge >= 0.3 is 12.0 Å². The largest absolute Gasteiger partial charge is 0.480 e. The molecule has 0 saturated carbocycles.